The number of thiazole rings is 1. The number of hydrogen-bond acceptors (Lipinski definition) is 7. The van der Waals surface area contributed by atoms with E-state index in [1.54, 1.807) is 42.6 Å². The molecule has 0 aliphatic carbocycles. The Morgan fingerprint density at radius 1 is 1.20 bits per heavy atom. The van der Waals surface area contributed by atoms with Crippen LogP contribution in [0.25, 0.3) is 17.4 Å². The second-order valence-electron chi connectivity index (χ2n) is 7.17. The van der Waals surface area contributed by atoms with Gasteiger partial charge < -0.3 is 4.42 Å². The van der Waals surface area contributed by atoms with E-state index in [0.29, 0.717) is 32.9 Å². The molecule has 1 amide bonds. The van der Waals surface area contributed by atoms with Crippen LogP contribution in [-0.2, 0) is 11.2 Å². The molecule has 1 N–H and O–H groups in total. The SMILES string of the molecule is N#C/C(=C/c1ccc(-c2ccc([N+](=O)[O-])cc2)o1)C(=O)Nc1ncc(Cc2ccc(Cl)cc2Cl)s1. The summed E-state index contributed by atoms with van der Waals surface area (Å²) in [6.07, 6.45) is 3.46. The first-order valence-corrected chi connectivity index (χ1v) is 11.6. The zero-order chi connectivity index (χ0) is 24.9. The Balaban J connectivity index is 1.44. The molecule has 0 radical (unpaired) electrons. The Bertz CT molecular complexity index is 1490. The number of nitrogens with zero attached hydrogens (tertiary/aromatic N) is 3. The maximum Gasteiger partial charge on any atom is 0.269 e. The standard InChI is InChI=1S/C24H14Cl2N4O4S/c25-17-4-1-15(21(26)11-17)10-20-13-28-24(35-20)29-23(31)16(12-27)9-19-7-8-22(34-19)14-2-5-18(6-3-14)30(32)33/h1-9,11,13H,10H2,(H,28,29,31)/b16-9-. The summed E-state index contributed by atoms with van der Waals surface area (Å²) in [5.41, 5.74) is 1.28. The predicted octanol–water partition coefficient (Wildman–Crippen LogP) is 6.75. The lowest BCUT2D eigenvalue weighted by Crippen LogP contribution is -2.13. The van der Waals surface area contributed by atoms with Crippen molar-refractivity contribution in [3.8, 4) is 17.4 Å². The Labute approximate surface area is 213 Å². The molecular weight excluding hydrogens is 511 g/mol. The van der Waals surface area contributed by atoms with Gasteiger partial charge in [-0.05, 0) is 42.0 Å². The van der Waals surface area contributed by atoms with Crippen molar-refractivity contribution >= 4 is 57.3 Å². The van der Waals surface area contributed by atoms with E-state index >= 15 is 0 Å². The first-order chi connectivity index (χ1) is 16.8. The third kappa shape index (κ3) is 5.94. The summed E-state index contributed by atoms with van der Waals surface area (Å²) < 4.78 is 5.68. The number of nitriles is 1. The lowest BCUT2D eigenvalue weighted by atomic mass is 10.1. The van der Waals surface area contributed by atoms with Crippen molar-refractivity contribution in [2.24, 2.45) is 0 Å². The van der Waals surface area contributed by atoms with Crippen molar-refractivity contribution in [2.75, 3.05) is 5.32 Å². The third-order valence-electron chi connectivity index (χ3n) is 4.79. The fourth-order valence-corrected chi connectivity index (χ4v) is 4.39. The van der Waals surface area contributed by atoms with Crippen molar-refractivity contribution in [3.05, 3.63) is 103 Å². The predicted molar refractivity (Wildman–Crippen MR) is 134 cm³/mol. The molecule has 2 aromatic heterocycles. The van der Waals surface area contributed by atoms with Crippen LogP contribution in [0.5, 0.6) is 0 Å². The maximum atomic E-state index is 12.6. The molecule has 0 aliphatic heterocycles. The van der Waals surface area contributed by atoms with Gasteiger partial charge in [0.15, 0.2) is 5.13 Å². The van der Waals surface area contributed by atoms with Crippen LogP contribution in [0.1, 0.15) is 16.2 Å². The first kappa shape index (κ1) is 24.2. The minimum atomic E-state index is -0.633. The monoisotopic (exact) mass is 524 g/mol. The van der Waals surface area contributed by atoms with Crippen LogP contribution < -0.4 is 5.32 Å². The topological polar surface area (TPSA) is 122 Å². The molecule has 0 unspecified atom stereocenters. The summed E-state index contributed by atoms with van der Waals surface area (Å²) in [6.45, 7) is 0. The molecule has 8 nitrogen and oxygen atoms in total. The van der Waals surface area contributed by atoms with Crippen molar-refractivity contribution in [1.82, 2.24) is 4.98 Å². The van der Waals surface area contributed by atoms with E-state index in [2.05, 4.69) is 10.3 Å². The number of carbonyl (C=O) groups is 1. The second-order valence-corrected chi connectivity index (χ2v) is 9.13. The fourth-order valence-electron chi connectivity index (χ4n) is 3.09. The van der Waals surface area contributed by atoms with Crippen molar-refractivity contribution < 1.29 is 14.1 Å². The Morgan fingerprint density at radius 3 is 2.66 bits per heavy atom. The molecule has 0 fully saturated rings. The number of nitro benzene ring substituents is 1. The lowest BCUT2D eigenvalue weighted by molar-refractivity contribution is -0.384. The van der Waals surface area contributed by atoms with Gasteiger partial charge in [-0.25, -0.2) is 4.98 Å². The highest BCUT2D eigenvalue weighted by molar-refractivity contribution is 7.15. The molecule has 2 aromatic carbocycles. The molecule has 11 heteroatoms. The van der Waals surface area contributed by atoms with E-state index in [1.165, 1.54) is 29.5 Å². The van der Waals surface area contributed by atoms with E-state index in [9.17, 15) is 20.2 Å². The van der Waals surface area contributed by atoms with E-state index in [-0.39, 0.29) is 17.0 Å². The smallest absolute Gasteiger partial charge is 0.269 e. The van der Waals surface area contributed by atoms with Crippen LogP contribution in [0.4, 0.5) is 10.8 Å². The van der Waals surface area contributed by atoms with Gasteiger partial charge >= 0.3 is 0 Å². The molecule has 2 heterocycles. The number of halogens is 2. The molecule has 4 aromatic rings. The normalized spacial score (nSPS) is 11.2. The number of carbonyl (C=O) groups excluding carboxylic acids is 1. The first-order valence-electron chi connectivity index (χ1n) is 9.99. The van der Waals surface area contributed by atoms with Crippen LogP contribution in [-0.4, -0.2) is 15.8 Å². The van der Waals surface area contributed by atoms with Crippen LogP contribution in [0, 0.1) is 21.4 Å². The number of aromatic nitrogens is 1. The molecule has 0 bridgehead atoms. The van der Waals surface area contributed by atoms with Gasteiger partial charge in [0, 0.05) is 51.3 Å². The maximum absolute atomic E-state index is 12.6. The van der Waals surface area contributed by atoms with E-state index < -0.39 is 10.8 Å². The number of rotatable bonds is 7. The fraction of sp³-hybridized carbons (Fsp3) is 0.0417. The molecule has 0 spiro atoms. The number of anilines is 1. The van der Waals surface area contributed by atoms with Gasteiger partial charge in [-0.2, -0.15) is 5.26 Å². The van der Waals surface area contributed by atoms with Crippen molar-refractivity contribution in [3.63, 3.8) is 0 Å². The third-order valence-corrected chi connectivity index (χ3v) is 6.29. The van der Waals surface area contributed by atoms with Crippen molar-refractivity contribution in [2.45, 2.75) is 6.42 Å². The van der Waals surface area contributed by atoms with Crippen LogP contribution in [0.15, 0.2) is 70.8 Å². The molecule has 0 aliphatic rings. The highest BCUT2D eigenvalue weighted by Gasteiger charge is 2.15. The second kappa shape index (κ2) is 10.5. The molecule has 174 valence electrons. The number of benzene rings is 2. The molecular formula is C24H14Cl2N4O4S. The number of amides is 1. The van der Waals surface area contributed by atoms with Crippen LogP contribution in [0.3, 0.4) is 0 Å². The number of furan rings is 1. The summed E-state index contributed by atoms with van der Waals surface area (Å²) in [4.78, 5) is 28.0. The van der Waals surface area contributed by atoms with Gasteiger partial charge in [0.2, 0.25) is 0 Å². The number of hydrogen-bond donors (Lipinski definition) is 1. The van der Waals surface area contributed by atoms with Crippen LogP contribution >= 0.6 is 34.5 Å². The number of non-ortho nitro benzene ring substituents is 1. The highest BCUT2D eigenvalue weighted by atomic mass is 35.5. The van der Waals surface area contributed by atoms with Gasteiger partial charge in [-0.15, -0.1) is 11.3 Å². The molecule has 0 saturated heterocycles. The summed E-state index contributed by atoms with van der Waals surface area (Å²) >= 11 is 13.4. The molecule has 0 atom stereocenters. The lowest BCUT2D eigenvalue weighted by Gasteiger charge is -2.02. The summed E-state index contributed by atoms with van der Waals surface area (Å²) in [7, 11) is 0. The Hall–Kier alpha value is -3.97. The largest absolute Gasteiger partial charge is 0.457 e. The number of nitrogens with one attached hydrogen (secondary N) is 1. The Kier molecular flexibility index (Phi) is 7.27. The van der Waals surface area contributed by atoms with Gasteiger partial charge in [-0.3, -0.25) is 20.2 Å². The summed E-state index contributed by atoms with van der Waals surface area (Å²) in [5, 5.41) is 24.3. The van der Waals surface area contributed by atoms with Gasteiger partial charge in [0.05, 0.1) is 4.92 Å². The van der Waals surface area contributed by atoms with E-state index in [1.807, 2.05) is 12.1 Å². The quantitative estimate of drug-likeness (QED) is 0.123. The van der Waals surface area contributed by atoms with E-state index in [0.717, 1.165) is 10.4 Å². The zero-order valence-corrected chi connectivity index (χ0v) is 20.0. The average Bonchev–Trinajstić information content (AvgIpc) is 3.49. The number of nitro groups is 1. The molecule has 0 saturated carbocycles. The average molecular weight is 525 g/mol. The van der Waals surface area contributed by atoms with Gasteiger partial charge in [-0.1, -0.05) is 29.3 Å². The highest BCUT2D eigenvalue weighted by Crippen LogP contribution is 2.28. The van der Waals surface area contributed by atoms with Crippen molar-refractivity contribution in [1.29, 1.82) is 5.26 Å². The Morgan fingerprint density at radius 2 is 1.97 bits per heavy atom. The van der Waals surface area contributed by atoms with Crippen LogP contribution in [0.2, 0.25) is 10.0 Å². The summed E-state index contributed by atoms with van der Waals surface area (Å²) in [5.74, 6) is 0.0859. The summed E-state index contributed by atoms with van der Waals surface area (Å²) in [6, 6.07) is 16.2. The minimum absolute atomic E-state index is 0.0366. The minimum Gasteiger partial charge on any atom is -0.457 e. The molecule has 4 rings (SSSR count). The molecule has 35 heavy (non-hydrogen) atoms. The zero-order valence-electron chi connectivity index (χ0n) is 17.7. The van der Waals surface area contributed by atoms with E-state index in [4.69, 9.17) is 27.6 Å². The van der Waals surface area contributed by atoms with Gasteiger partial charge in [0.25, 0.3) is 11.6 Å². The van der Waals surface area contributed by atoms with Gasteiger partial charge in [0.1, 0.15) is 23.2 Å².